The molecule has 200 valence electrons. The van der Waals surface area contributed by atoms with E-state index >= 15 is 0 Å². The fourth-order valence-corrected chi connectivity index (χ4v) is 4.75. The Morgan fingerprint density at radius 3 is 2.44 bits per heavy atom. The summed E-state index contributed by atoms with van der Waals surface area (Å²) >= 11 is 0. The fourth-order valence-electron chi connectivity index (χ4n) is 4.75. The Morgan fingerprint density at radius 1 is 1.19 bits per heavy atom. The maximum absolute atomic E-state index is 12.1. The first-order valence-corrected chi connectivity index (χ1v) is 12.7. The molecule has 1 aromatic carbocycles. The van der Waals surface area contributed by atoms with Crippen molar-refractivity contribution in [3.63, 3.8) is 0 Å². The molecule has 1 fully saturated rings. The van der Waals surface area contributed by atoms with E-state index in [1.165, 1.54) is 14.0 Å². The molecule has 1 heterocycles. The molecule has 1 saturated carbocycles. The zero-order chi connectivity index (χ0) is 26.7. The third kappa shape index (κ3) is 6.76. The summed E-state index contributed by atoms with van der Waals surface area (Å²) in [7, 11) is 1.53. The third-order valence-electron chi connectivity index (χ3n) is 7.26. The van der Waals surface area contributed by atoms with Crippen molar-refractivity contribution in [2.45, 2.75) is 102 Å². The number of aliphatic hydroxyl groups is 1. The normalized spacial score (nSPS) is 25.5. The molecule has 3 rings (SSSR count). The number of carbonyl (C=O) groups excluding carboxylic acids is 2. The van der Waals surface area contributed by atoms with Gasteiger partial charge in [0.2, 0.25) is 0 Å². The molecular formula is C27H41N3O6. The van der Waals surface area contributed by atoms with Gasteiger partial charge in [0.05, 0.1) is 5.60 Å². The van der Waals surface area contributed by atoms with Crippen molar-refractivity contribution < 1.29 is 28.9 Å². The number of Topliss-reactive ketones (excluding diaryl/α,β-unsaturated/α-hetero) is 1. The van der Waals surface area contributed by atoms with Crippen LogP contribution in [0.3, 0.4) is 0 Å². The number of alkyl carbamates (subject to hydrolysis) is 1. The Morgan fingerprint density at radius 2 is 1.86 bits per heavy atom. The van der Waals surface area contributed by atoms with Gasteiger partial charge in [-0.25, -0.2) is 4.79 Å². The van der Waals surface area contributed by atoms with Gasteiger partial charge in [0, 0.05) is 25.3 Å². The number of amidine groups is 1. The number of benzene rings is 1. The van der Waals surface area contributed by atoms with Gasteiger partial charge in [-0.3, -0.25) is 10.2 Å². The number of amides is 1. The summed E-state index contributed by atoms with van der Waals surface area (Å²) in [5.74, 6) is 0.973. The predicted octanol–water partition coefficient (Wildman–Crippen LogP) is 3.49. The SMILES string of the molecule is CO[C@](C)(C(C)=O)[C@H]1CCc2cc(C(=N)N[C@H]3CC[C@](O)(CNC(=O)OC(C)(C)C)CC3)ccc2O1. The molecule has 2 aliphatic rings. The molecule has 2 atom stereocenters. The molecule has 0 aromatic heterocycles. The average Bonchev–Trinajstić information content (AvgIpc) is 2.82. The summed E-state index contributed by atoms with van der Waals surface area (Å²) in [6.45, 7) is 8.81. The van der Waals surface area contributed by atoms with E-state index in [1.54, 1.807) is 27.7 Å². The van der Waals surface area contributed by atoms with Crippen LogP contribution in [-0.2, 0) is 20.7 Å². The maximum atomic E-state index is 12.1. The number of nitrogens with one attached hydrogen (secondary N) is 3. The van der Waals surface area contributed by atoms with Crippen LogP contribution in [0.4, 0.5) is 4.79 Å². The van der Waals surface area contributed by atoms with Crippen LogP contribution in [0.1, 0.15) is 77.8 Å². The number of rotatable bonds is 7. The zero-order valence-corrected chi connectivity index (χ0v) is 22.3. The summed E-state index contributed by atoms with van der Waals surface area (Å²) in [5.41, 5.74) is -0.783. The maximum Gasteiger partial charge on any atom is 0.407 e. The predicted molar refractivity (Wildman–Crippen MR) is 137 cm³/mol. The Hall–Kier alpha value is -2.65. The van der Waals surface area contributed by atoms with Gasteiger partial charge in [0.25, 0.3) is 0 Å². The molecule has 4 N–H and O–H groups in total. The Balaban J connectivity index is 1.52. The van der Waals surface area contributed by atoms with Crippen LogP contribution in [0, 0.1) is 5.41 Å². The highest BCUT2D eigenvalue weighted by atomic mass is 16.6. The quantitative estimate of drug-likeness (QED) is 0.331. The van der Waals surface area contributed by atoms with E-state index in [2.05, 4.69) is 10.6 Å². The van der Waals surface area contributed by atoms with Crippen molar-refractivity contribution in [3.05, 3.63) is 29.3 Å². The third-order valence-corrected chi connectivity index (χ3v) is 7.26. The van der Waals surface area contributed by atoms with Gasteiger partial charge < -0.3 is 30.0 Å². The van der Waals surface area contributed by atoms with Crippen LogP contribution in [0.2, 0.25) is 0 Å². The molecule has 0 radical (unpaired) electrons. The number of carbonyl (C=O) groups is 2. The van der Waals surface area contributed by atoms with Crippen molar-refractivity contribution in [1.29, 1.82) is 5.41 Å². The molecule has 0 saturated heterocycles. The van der Waals surface area contributed by atoms with Crippen molar-refractivity contribution in [2.75, 3.05) is 13.7 Å². The van der Waals surface area contributed by atoms with Gasteiger partial charge in [-0.1, -0.05) is 0 Å². The lowest BCUT2D eigenvalue weighted by Gasteiger charge is -2.38. The zero-order valence-electron chi connectivity index (χ0n) is 22.3. The first kappa shape index (κ1) is 27.9. The molecule has 9 nitrogen and oxygen atoms in total. The van der Waals surface area contributed by atoms with E-state index in [0.29, 0.717) is 43.7 Å². The van der Waals surface area contributed by atoms with Gasteiger partial charge in [-0.05, 0) is 96.9 Å². The molecule has 1 aliphatic carbocycles. The molecule has 9 heteroatoms. The minimum Gasteiger partial charge on any atom is -0.487 e. The second-order valence-corrected chi connectivity index (χ2v) is 11.2. The van der Waals surface area contributed by atoms with Crippen LogP contribution < -0.4 is 15.4 Å². The van der Waals surface area contributed by atoms with Crippen molar-refractivity contribution >= 4 is 17.7 Å². The van der Waals surface area contributed by atoms with E-state index in [0.717, 1.165) is 17.5 Å². The fraction of sp³-hybridized carbons (Fsp3) is 0.667. The largest absolute Gasteiger partial charge is 0.487 e. The number of ketones is 1. The molecular weight excluding hydrogens is 462 g/mol. The van der Waals surface area contributed by atoms with E-state index in [1.807, 2.05) is 18.2 Å². The van der Waals surface area contributed by atoms with Gasteiger partial charge in [-0.15, -0.1) is 0 Å². The number of methoxy groups -OCH3 is 1. The number of aryl methyl sites for hydroxylation is 1. The Kier molecular flexibility index (Phi) is 8.35. The monoisotopic (exact) mass is 503 g/mol. The molecule has 0 spiro atoms. The van der Waals surface area contributed by atoms with Crippen LogP contribution in [0.15, 0.2) is 18.2 Å². The highest BCUT2D eigenvalue weighted by Gasteiger charge is 2.42. The average molecular weight is 504 g/mol. The second-order valence-electron chi connectivity index (χ2n) is 11.2. The van der Waals surface area contributed by atoms with Crippen LogP contribution in [0.25, 0.3) is 0 Å². The summed E-state index contributed by atoms with van der Waals surface area (Å²) < 4.78 is 16.9. The number of hydrogen-bond acceptors (Lipinski definition) is 7. The molecule has 36 heavy (non-hydrogen) atoms. The Labute approximate surface area is 213 Å². The Bertz CT molecular complexity index is 980. The van der Waals surface area contributed by atoms with E-state index in [-0.39, 0.29) is 24.5 Å². The van der Waals surface area contributed by atoms with Crippen molar-refractivity contribution in [2.24, 2.45) is 0 Å². The number of fused-ring (bicyclic) bond motifs is 1. The van der Waals surface area contributed by atoms with Crippen LogP contribution >= 0.6 is 0 Å². The molecule has 0 unspecified atom stereocenters. The lowest BCUT2D eigenvalue weighted by Crippen LogP contribution is -2.51. The highest BCUT2D eigenvalue weighted by molar-refractivity contribution is 5.97. The molecule has 1 aromatic rings. The van der Waals surface area contributed by atoms with E-state index in [9.17, 15) is 14.7 Å². The van der Waals surface area contributed by atoms with Crippen LogP contribution in [-0.4, -0.2) is 65.4 Å². The molecule has 1 amide bonds. The summed E-state index contributed by atoms with van der Waals surface area (Å²) in [6, 6.07) is 5.72. The number of hydrogen-bond donors (Lipinski definition) is 4. The van der Waals surface area contributed by atoms with Gasteiger partial charge in [0.15, 0.2) is 11.4 Å². The molecule has 0 bridgehead atoms. The first-order valence-electron chi connectivity index (χ1n) is 12.7. The smallest absolute Gasteiger partial charge is 0.407 e. The molecule has 1 aliphatic heterocycles. The lowest BCUT2D eigenvalue weighted by molar-refractivity contribution is -0.149. The van der Waals surface area contributed by atoms with Gasteiger partial charge in [-0.2, -0.15) is 0 Å². The number of ether oxygens (including phenoxy) is 3. The minimum absolute atomic E-state index is 0.0638. The van der Waals surface area contributed by atoms with Gasteiger partial charge in [0.1, 0.15) is 23.3 Å². The van der Waals surface area contributed by atoms with E-state index < -0.39 is 22.9 Å². The summed E-state index contributed by atoms with van der Waals surface area (Å²) in [6.07, 6.45) is 2.89. The second kappa shape index (κ2) is 10.8. The van der Waals surface area contributed by atoms with E-state index in [4.69, 9.17) is 19.6 Å². The standard InChI is InChI=1S/C27H41N3O6/c1-17(31)26(5,34-6)22-10-8-18-15-19(7-9-21(18)35-22)23(28)30-20-11-13-27(33,14-12-20)16-29-24(32)36-25(2,3)4/h7,9,15,20,22,33H,8,10-14,16H2,1-6H3,(H2,28,30)(H,29,32)/t20-,22-,26-,27+/m1/s1. The lowest BCUT2D eigenvalue weighted by atomic mass is 9.82. The summed E-state index contributed by atoms with van der Waals surface area (Å²) in [5, 5.41) is 25.4. The first-order chi connectivity index (χ1) is 16.7. The van der Waals surface area contributed by atoms with Crippen LogP contribution in [0.5, 0.6) is 5.75 Å². The van der Waals surface area contributed by atoms with Gasteiger partial charge >= 0.3 is 6.09 Å². The van der Waals surface area contributed by atoms with Crippen molar-refractivity contribution in [1.82, 2.24) is 10.6 Å². The van der Waals surface area contributed by atoms with Crippen molar-refractivity contribution in [3.8, 4) is 5.75 Å². The minimum atomic E-state index is -0.990. The highest BCUT2D eigenvalue weighted by Crippen LogP contribution is 2.34. The summed E-state index contributed by atoms with van der Waals surface area (Å²) in [4.78, 5) is 24.0. The topological polar surface area (TPSA) is 130 Å².